The quantitative estimate of drug-likeness (QED) is 0.780. The van der Waals surface area contributed by atoms with Crippen LogP contribution in [0.25, 0.3) is 0 Å². The van der Waals surface area contributed by atoms with Crippen molar-refractivity contribution in [3.63, 3.8) is 0 Å². The normalized spacial score (nSPS) is 24.8. The first-order valence-electron chi connectivity index (χ1n) is 8.50. The predicted octanol–water partition coefficient (Wildman–Crippen LogP) is 2.06. The molecule has 0 unspecified atom stereocenters. The van der Waals surface area contributed by atoms with Gasteiger partial charge in [-0.15, -0.1) is 0 Å². The number of thiocarbonyl (C=S) groups is 1. The van der Waals surface area contributed by atoms with E-state index in [2.05, 4.69) is 5.32 Å². The third kappa shape index (κ3) is 4.83. The molecule has 2 aliphatic heterocycles. The first-order chi connectivity index (χ1) is 12.0. The summed E-state index contributed by atoms with van der Waals surface area (Å²) in [5, 5.41) is 3.77. The number of anilines is 1. The van der Waals surface area contributed by atoms with E-state index in [-0.39, 0.29) is 23.7 Å². The molecule has 1 aromatic carbocycles. The number of hydrogen-bond donors (Lipinski definition) is 1. The number of hydrogen-bond acceptors (Lipinski definition) is 5. The molecule has 0 spiro atoms. The standard InChI is InChI=1S/C17H24N2O4S2/c1-22-15-6-4-13(5-7-15)18-17(24)19(11-16-3-2-9-23-16)14-8-10-25(20,21)12-14/h4-7,14,16H,2-3,8-12H2,1H3,(H,18,24)/t14-,16-/m0/s1. The van der Waals surface area contributed by atoms with Crippen LogP contribution < -0.4 is 10.1 Å². The fraction of sp³-hybridized carbons (Fsp3) is 0.588. The second kappa shape index (κ2) is 7.88. The van der Waals surface area contributed by atoms with Gasteiger partial charge in [0.1, 0.15) is 5.75 Å². The Morgan fingerprint density at radius 3 is 2.68 bits per heavy atom. The molecule has 2 heterocycles. The lowest BCUT2D eigenvalue weighted by molar-refractivity contribution is 0.0851. The van der Waals surface area contributed by atoms with Crippen LogP contribution in [0.15, 0.2) is 24.3 Å². The zero-order valence-corrected chi connectivity index (χ0v) is 15.9. The Kier molecular flexibility index (Phi) is 5.81. The highest BCUT2D eigenvalue weighted by Gasteiger charge is 2.35. The summed E-state index contributed by atoms with van der Waals surface area (Å²) in [6.45, 7) is 1.39. The number of ether oxygens (including phenoxy) is 2. The van der Waals surface area contributed by atoms with E-state index in [9.17, 15) is 8.42 Å². The topological polar surface area (TPSA) is 67.9 Å². The van der Waals surface area contributed by atoms with Gasteiger partial charge in [-0.05, 0) is 55.7 Å². The zero-order chi connectivity index (χ0) is 17.9. The summed E-state index contributed by atoms with van der Waals surface area (Å²) < 4.78 is 34.7. The number of nitrogens with zero attached hydrogens (tertiary/aromatic N) is 1. The van der Waals surface area contributed by atoms with Crippen LogP contribution in [0.5, 0.6) is 5.75 Å². The summed E-state index contributed by atoms with van der Waals surface area (Å²) in [4.78, 5) is 2.00. The number of methoxy groups -OCH3 is 1. The van der Waals surface area contributed by atoms with Crippen LogP contribution in [0, 0.1) is 0 Å². The van der Waals surface area contributed by atoms with Gasteiger partial charge in [0.05, 0.1) is 24.7 Å². The molecule has 2 fully saturated rings. The molecule has 0 bridgehead atoms. The van der Waals surface area contributed by atoms with Crippen LogP contribution in [0.3, 0.4) is 0 Å². The lowest BCUT2D eigenvalue weighted by atomic mass is 10.2. The highest BCUT2D eigenvalue weighted by atomic mass is 32.2. The van der Waals surface area contributed by atoms with Gasteiger partial charge in [0.15, 0.2) is 14.9 Å². The van der Waals surface area contributed by atoms with Crippen molar-refractivity contribution in [2.45, 2.75) is 31.4 Å². The van der Waals surface area contributed by atoms with Crippen molar-refractivity contribution in [2.75, 3.05) is 37.1 Å². The molecular formula is C17H24N2O4S2. The van der Waals surface area contributed by atoms with Crippen molar-refractivity contribution in [3.8, 4) is 5.75 Å². The summed E-state index contributed by atoms with van der Waals surface area (Å²) in [6, 6.07) is 7.40. The predicted molar refractivity (Wildman–Crippen MR) is 102 cm³/mol. The van der Waals surface area contributed by atoms with Crippen LogP contribution in [0.1, 0.15) is 19.3 Å². The Morgan fingerprint density at radius 2 is 2.12 bits per heavy atom. The van der Waals surface area contributed by atoms with Crippen LogP contribution in [-0.2, 0) is 14.6 Å². The largest absolute Gasteiger partial charge is 0.497 e. The van der Waals surface area contributed by atoms with Crippen LogP contribution in [0.2, 0.25) is 0 Å². The Bertz CT molecular complexity index is 700. The van der Waals surface area contributed by atoms with Gasteiger partial charge in [-0.25, -0.2) is 8.42 Å². The third-order valence-electron chi connectivity index (χ3n) is 4.68. The number of benzene rings is 1. The van der Waals surface area contributed by atoms with Crippen LogP contribution in [-0.4, -0.2) is 62.3 Å². The summed E-state index contributed by atoms with van der Waals surface area (Å²) in [6.07, 6.45) is 2.75. The van der Waals surface area contributed by atoms with Gasteiger partial charge in [0.2, 0.25) is 0 Å². The molecule has 0 amide bonds. The van der Waals surface area contributed by atoms with E-state index in [1.54, 1.807) is 7.11 Å². The van der Waals surface area contributed by atoms with Crippen molar-refractivity contribution in [2.24, 2.45) is 0 Å². The molecule has 25 heavy (non-hydrogen) atoms. The van der Waals surface area contributed by atoms with Gasteiger partial charge in [-0.1, -0.05) is 0 Å². The molecule has 138 valence electrons. The molecule has 2 atom stereocenters. The molecular weight excluding hydrogens is 360 g/mol. The monoisotopic (exact) mass is 384 g/mol. The van der Waals surface area contributed by atoms with E-state index in [0.29, 0.717) is 18.1 Å². The average molecular weight is 385 g/mol. The van der Waals surface area contributed by atoms with E-state index in [0.717, 1.165) is 30.9 Å². The molecule has 0 aromatic heterocycles. The molecule has 1 N–H and O–H groups in total. The Labute approximate surface area is 154 Å². The highest BCUT2D eigenvalue weighted by molar-refractivity contribution is 7.91. The average Bonchev–Trinajstić information content (AvgIpc) is 3.22. The first-order valence-corrected chi connectivity index (χ1v) is 10.7. The Hall–Kier alpha value is -1.38. The molecule has 6 nitrogen and oxygen atoms in total. The lowest BCUT2D eigenvalue weighted by Crippen LogP contribution is -2.47. The van der Waals surface area contributed by atoms with Crippen molar-refractivity contribution in [1.29, 1.82) is 0 Å². The maximum absolute atomic E-state index is 11.9. The van der Waals surface area contributed by atoms with E-state index < -0.39 is 9.84 Å². The molecule has 2 saturated heterocycles. The van der Waals surface area contributed by atoms with Crippen molar-refractivity contribution >= 4 is 32.9 Å². The second-order valence-electron chi connectivity index (χ2n) is 6.50. The first kappa shape index (κ1) is 18.4. The fourth-order valence-electron chi connectivity index (χ4n) is 3.30. The van der Waals surface area contributed by atoms with Crippen molar-refractivity contribution < 1.29 is 17.9 Å². The SMILES string of the molecule is COc1ccc(NC(=S)N(C[C@@H]2CCCO2)[C@H]2CCS(=O)(=O)C2)cc1. The van der Waals surface area contributed by atoms with Gasteiger partial charge < -0.3 is 19.7 Å². The maximum atomic E-state index is 11.9. The molecule has 3 rings (SSSR count). The second-order valence-corrected chi connectivity index (χ2v) is 9.12. The van der Waals surface area contributed by atoms with Crippen molar-refractivity contribution in [3.05, 3.63) is 24.3 Å². The molecule has 8 heteroatoms. The van der Waals surface area contributed by atoms with Gasteiger partial charge >= 0.3 is 0 Å². The number of nitrogens with one attached hydrogen (secondary N) is 1. The van der Waals surface area contributed by atoms with Gasteiger partial charge in [-0.2, -0.15) is 0 Å². The minimum atomic E-state index is -2.98. The fourth-order valence-corrected chi connectivity index (χ4v) is 5.37. The van der Waals surface area contributed by atoms with E-state index in [4.69, 9.17) is 21.7 Å². The molecule has 0 radical (unpaired) electrons. The Morgan fingerprint density at radius 1 is 1.36 bits per heavy atom. The molecule has 2 aliphatic rings. The third-order valence-corrected chi connectivity index (χ3v) is 6.76. The van der Waals surface area contributed by atoms with Gasteiger partial charge in [-0.3, -0.25) is 0 Å². The van der Waals surface area contributed by atoms with Crippen molar-refractivity contribution in [1.82, 2.24) is 4.90 Å². The minimum Gasteiger partial charge on any atom is -0.497 e. The number of rotatable bonds is 5. The van der Waals surface area contributed by atoms with Crippen LogP contribution >= 0.6 is 12.2 Å². The molecule has 0 aliphatic carbocycles. The van der Waals surface area contributed by atoms with Gasteiger partial charge in [0, 0.05) is 24.9 Å². The van der Waals surface area contributed by atoms with E-state index in [1.165, 1.54) is 0 Å². The molecule has 0 saturated carbocycles. The minimum absolute atomic E-state index is 0.0903. The summed E-state index contributed by atoms with van der Waals surface area (Å²) in [5.41, 5.74) is 0.851. The van der Waals surface area contributed by atoms with Crippen LogP contribution in [0.4, 0.5) is 5.69 Å². The van der Waals surface area contributed by atoms with E-state index in [1.807, 2.05) is 29.2 Å². The summed E-state index contributed by atoms with van der Waals surface area (Å²) in [5.74, 6) is 1.16. The Balaban J connectivity index is 1.71. The maximum Gasteiger partial charge on any atom is 0.173 e. The lowest BCUT2D eigenvalue weighted by Gasteiger charge is -2.33. The summed E-state index contributed by atoms with van der Waals surface area (Å²) in [7, 11) is -1.35. The highest BCUT2D eigenvalue weighted by Crippen LogP contribution is 2.23. The molecule has 1 aromatic rings. The zero-order valence-electron chi connectivity index (χ0n) is 14.3. The number of sulfone groups is 1. The van der Waals surface area contributed by atoms with Gasteiger partial charge in [0.25, 0.3) is 0 Å². The summed E-state index contributed by atoms with van der Waals surface area (Å²) >= 11 is 5.60. The van der Waals surface area contributed by atoms with E-state index >= 15 is 0 Å². The smallest absolute Gasteiger partial charge is 0.173 e.